The van der Waals surface area contributed by atoms with Crippen LogP contribution in [0, 0.1) is 13.8 Å². The molecule has 72 valence electrons. The molecule has 13 heavy (non-hydrogen) atoms. The minimum Gasteiger partial charge on any atom is -0.326 e. The Morgan fingerprint density at radius 3 is 1.85 bits per heavy atom. The molecule has 1 nitrogen and oxygen atoms in total. The van der Waals surface area contributed by atoms with Crippen LogP contribution in [0.25, 0.3) is 0 Å². The van der Waals surface area contributed by atoms with Crippen molar-refractivity contribution in [3.63, 3.8) is 0 Å². The Labute approximate surface area is 92.8 Å². The van der Waals surface area contributed by atoms with E-state index in [9.17, 15) is 0 Å². The van der Waals surface area contributed by atoms with Crippen molar-refractivity contribution in [1.82, 2.24) is 0 Å². The number of hydrogen-bond acceptors (Lipinski definition) is 1. The highest BCUT2D eigenvalue weighted by Crippen LogP contribution is 2.37. The molecule has 0 radical (unpaired) electrons. The average molecular weight is 239 g/mol. The molecule has 1 aromatic carbocycles. The van der Waals surface area contributed by atoms with E-state index in [4.69, 9.17) is 40.5 Å². The molecule has 0 saturated heterocycles. The van der Waals surface area contributed by atoms with Crippen LogP contribution in [0.15, 0.2) is 0 Å². The molecule has 0 spiro atoms. The summed E-state index contributed by atoms with van der Waals surface area (Å²) in [6, 6.07) is 0. The number of hydrogen-bond donors (Lipinski definition) is 1. The zero-order valence-corrected chi connectivity index (χ0v) is 9.69. The van der Waals surface area contributed by atoms with Crippen LogP contribution in [0.4, 0.5) is 0 Å². The number of rotatable bonds is 1. The Hall–Kier alpha value is 0.0500. The van der Waals surface area contributed by atoms with E-state index in [2.05, 4.69) is 0 Å². The Balaban J connectivity index is 3.56. The zero-order chi connectivity index (χ0) is 10.2. The zero-order valence-electron chi connectivity index (χ0n) is 7.42. The van der Waals surface area contributed by atoms with Crippen molar-refractivity contribution in [3.05, 3.63) is 31.8 Å². The minimum atomic E-state index is 0.377. The normalized spacial score (nSPS) is 10.6. The lowest BCUT2D eigenvalue weighted by Gasteiger charge is -2.12. The van der Waals surface area contributed by atoms with Gasteiger partial charge in [-0.1, -0.05) is 34.8 Å². The van der Waals surface area contributed by atoms with E-state index in [1.165, 1.54) is 0 Å². The van der Waals surface area contributed by atoms with Crippen LogP contribution in [-0.4, -0.2) is 0 Å². The average Bonchev–Trinajstić information content (AvgIpc) is 2.13. The van der Waals surface area contributed by atoms with Crippen LogP contribution >= 0.6 is 34.8 Å². The third-order valence-corrected chi connectivity index (χ3v) is 3.66. The fourth-order valence-electron chi connectivity index (χ4n) is 1.19. The molecular weight excluding hydrogens is 228 g/mol. The van der Waals surface area contributed by atoms with Gasteiger partial charge < -0.3 is 5.73 Å². The highest BCUT2D eigenvalue weighted by Gasteiger charge is 2.14. The van der Waals surface area contributed by atoms with Crippen LogP contribution in [-0.2, 0) is 6.54 Å². The number of halogens is 3. The Bertz CT molecular complexity index is 318. The summed E-state index contributed by atoms with van der Waals surface area (Å²) in [6.45, 7) is 4.07. The van der Waals surface area contributed by atoms with Gasteiger partial charge in [0.2, 0.25) is 0 Å². The maximum atomic E-state index is 6.05. The lowest BCUT2D eigenvalue weighted by molar-refractivity contribution is 1.04. The predicted molar refractivity (Wildman–Crippen MR) is 58.8 cm³/mol. The first-order valence-electron chi connectivity index (χ1n) is 3.83. The van der Waals surface area contributed by atoms with Crippen LogP contribution in [0.1, 0.15) is 16.7 Å². The predicted octanol–water partition coefficient (Wildman–Crippen LogP) is 3.72. The lowest BCUT2D eigenvalue weighted by atomic mass is 10.1. The van der Waals surface area contributed by atoms with Crippen molar-refractivity contribution in [3.8, 4) is 0 Å². The van der Waals surface area contributed by atoms with Gasteiger partial charge >= 0.3 is 0 Å². The topological polar surface area (TPSA) is 26.0 Å². The van der Waals surface area contributed by atoms with E-state index in [1.807, 2.05) is 13.8 Å². The fourth-order valence-corrected chi connectivity index (χ4v) is 2.05. The summed E-state index contributed by atoms with van der Waals surface area (Å²) >= 11 is 18.0. The lowest BCUT2D eigenvalue weighted by Crippen LogP contribution is -2.02. The summed E-state index contributed by atoms with van der Waals surface area (Å²) in [5.41, 5.74) is 8.08. The van der Waals surface area contributed by atoms with E-state index < -0.39 is 0 Å². The molecule has 0 bridgehead atoms. The standard InChI is InChI=1S/C9H10Cl3N/c1-4-6(3-13)7(10)5(2)9(12)8(4)11/h3,13H2,1-2H3. The van der Waals surface area contributed by atoms with E-state index in [0.717, 1.165) is 16.7 Å². The second-order valence-corrected chi connectivity index (χ2v) is 4.01. The molecule has 0 amide bonds. The smallest absolute Gasteiger partial charge is 0.0639 e. The van der Waals surface area contributed by atoms with Crippen molar-refractivity contribution in [2.24, 2.45) is 5.73 Å². The van der Waals surface area contributed by atoms with Gasteiger partial charge in [0.1, 0.15) is 0 Å². The van der Waals surface area contributed by atoms with Crippen molar-refractivity contribution in [1.29, 1.82) is 0 Å². The maximum absolute atomic E-state index is 6.05. The summed E-state index contributed by atoms with van der Waals surface area (Å²) in [7, 11) is 0. The first-order valence-corrected chi connectivity index (χ1v) is 4.96. The van der Waals surface area contributed by atoms with E-state index in [-0.39, 0.29) is 0 Å². The molecule has 0 atom stereocenters. The molecule has 0 aliphatic carbocycles. The first-order chi connectivity index (χ1) is 6.00. The summed E-state index contributed by atoms with van der Waals surface area (Å²) in [5.74, 6) is 0. The monoisotopic (exact) mass is 237 g/mol. The van der Waals surface area contributed by atoms with Crippen molar-refractivity contribution in [2.45, 2.75) is 20.4 Å². The summed E-state index contributed by atoms with van der Waals surface area (Å²) in [5, 5.41) is 1.68. The molecule has 1 rings (SSSR count). The first kappa shape index (κ1) is 11.1. The van der Waals surface area contributed by atoms with Gasteiger partial charge in [-0.05, 0) is 30.5 Å². The Morgan fingerprint density at radius 2 is 1.38 bits per heavy atom. The quantitative estimate of drug-likeness (QED) is 0.742. The maximum Gasteiger partial charge on any atom is 0.0639 e. The summed E-state index contributed by atoms with van der Waals surface area (Å²) in [6.07, 6.45) is 0. The molecule has 4 heteroatoms. The summed E-state index contributed by atoms with van der Waals surface area (Å²) < 4.78 is 0. The SMILES string of the molecule is Cc1c(Cl)c(Cl)c(C)c(CN)c1Cl. The van der Waals surface area contributed by atoms with Crippen LogP contribution in [0.2, 0.25) is 15.1 Å². The van der Waals surface area contributed by atoms with Gasteiger partial charge in [0.05, 0.1) is 10.0 Å². The van der Waals surface area contributed by atoms with Gasteiger partial charge in [-0.25, -0.2) is 0 Å². The molecule has 0 aliphatic heterocycles. The minimum absolute atomic E-state index is 0.377. The third kappa shape index (κ3) is 1.79. The number of benzene rings is 1. The molecule has 1 aromatic rings. The second kappa shape index (κ2) is 4.05. The Morgan fingerprint density at radius 1 is 0.923 bits per heavy atom. The van der Waals surface area contributed by atoms with Gasteiger partial charge in [0.15, 0.2) is 0 Å². The Kier molecular flexibility index (Phi) is 3.47. The molecule has 0 fully saturated rings. The van der Waals surface area contributed by atoms with Gasteiger partial charge in [-0.3, -0.25) is 0 Å². The van der Waals surface area contributed by atoms with E-state index in [1.54, 1.807) is 0 Å². The van der Waals surface area contributed by atoms with Crippen LogP contribution in [0.3, 0.4) is 0 Å². The second-order valence-electron chi connectivity index (χ2n) is 2.87. The van der Waals surface area contributed by atoms with Crippen molar-refractivity contribution in [2.75, 3.05) is 0 Å². The van der Waals surface area contributed by atoms with Gasteiger partial charge in [0.25, 0.3) is 0 Å². The molecule has 0 heterocycles. The molecule has 0 unspecified atom stereocenters. The number of nitrogens with two attached hydrogens (primary N) is 1. The van der Waals surface area contributed by atoms with Gasteiger partial charge in [0, 0.05) is 11.6 Å². The highest BCUT2D eigenvalue weighted by molar-refractivity contribution is 6.44. The summed E-state index contributed by atoms with van der Waals surface area (Å²) in [4.78, 5) is 0. The van der Waals surface area contributed by atoms with Crippen molar-refractivity contribution < 1.29 is 0 Å². The van der Waals surface area contributed by atoms with Crippen molar-refractivity contribution >= 4 is 34.8 Å². The van der Waals surface area contributed by atoms with Crippen LogP contribution < -0.4 is 5.73 Å². The van der Waals surface area contributed by atoms with Crippen LogP contribution in [0.5, 0.6) is 0 Å². The third-order valence-electron chi connectivity index (χ3n) is 2.10. The largest absolute Gasteiger partial charge is 0.326 e. The van der Waals surface area contributed by atoms with E-state index in [0.29, 0.717) is 21.6 Å². The molecule has 0 aromatic heterocycles. The highest BCUT2D eigenvalue weighted by atomic mass is 35.5. The molecule has 2 N–H and O–H groups in total. The molecular formula is C9H10Cl3N. The van der Waals surface area contributed by atoms with Gasteiger partial charge in [-0.15, -0.1) is 0 Å². The molecule has 0 aliphatic rings. The molecule has 0 saturated carbocycles. The van der Waals surface area contributed by atoms with E-state index >= 15 is 0 Å². The van der Waals surface area contributed by atoms with Gasteiger partial charge in [-0.2, -0.15) is 0 Å². The fraction of sp³-hybridized carbons (Fsp3) is 0.333.